The fourth-order valence-corrected chi connectivity index (χ4v) is 3.52. The summed E-state index contributed by atoms with van der Waals surface area (Å²) in [6.45, 7) is 5.48. The third-order valence-corrected chi connectivity index (χ3v) is 4.94. The molecule has 1 unspecified atom stereocenters. The third-order valence-electron chi connectivity index (χ3n) is 4.94. The number of aryl methyl sites for hydroxylation is 1. The molecule has 4 heteroatoms. The fourth-order valence-electron chi connectivity index (χ4n) is 3.52. The summed E-state index contributed by atoms with van der Waals surface area (Å²) in [4.78, 5) is 4.91. The summed E-state index contributed by atoms with van der Waals surface area (Å²) in [6, 6.07) is 26.3. The van der Waals surface area contributed by atoms with Gasteiger partial charge in [0.2, 0.25) is 0 Å². The molecule has 0 fully saturated rings. The summed E-state index contributed by atoms with van der Waals surface area (Å²) in [7, 11) is 0. The van der Waals surface area contributed by atoms with Crippen molar-refractivity contribution in [3.05, 3.63) is 90.3 Å². The first-order valence-electron chi connectivity index (χ1n) is 10.1. The molecule has 1 heterocycles. The number of para-hydroxylation sites is 3. The molecular weight excluding hydrogens is 360 g/mol. The Balaban J connectivity index is 1.61. The van der Waals surface area contributed by atoms with E-state index in [-0.39, 0.29) is 6.10 Å². The predicted octanol–water partition coefficient (Wildman–Crippen LogP) is 5.95. The summed E-state index contributed by atoms with van der Waals surface area (Å²) >= 11 is 0. The molecule has 0 spiro atoms. The topological polar surface area (TPSA) is 36.3 Å². The molecule has 148 valence electrons. The maximum Gasteiger partial charge on any atom is 0.156 e. The van der Waals surface area contributed by atoms with Gasteiger partial charge in [0, 0.05) is 0 Å². The molecular formula is C25H26N2O2. The second-order valence-corrected chi connectivity index (χ2v) is 7.10. The van der Waals surface area contributed by atoms with Crippen LogP contribution >= 0.6 is 0 Å². The lowest BCUT2D eigenvalue weighted by Crippen LogP contribution is -2.17. The number of hydrogen-bond acceptors (Lipinski definition) is 3. The lowest BCUT2D eigenvalue weighted by atomic mass is 10.2. The zero-order valence-electron chi connectivity index (χ0n) is 16.9. The number of rotatable bonds is 8. The van der Waals surface area contributed by atoms with E-state index in [2.05, 4.69) is 36.6 Å². The second kappa shape index (κ2) is 8.82. The van der Waals surface area contributed by atoms with Gasteiger partial charge in [0.05, 0.1) is 17.6 Å². The Kier molecular flexibility index (Phi) is 5.80. The molecule has 1 aromatic heterocycles. The van der Waals surface area contributed by atoms with Crippen molar-refractivity contribution in [1.29, 1.82) is 0 Å². The van der Waals surface area contributed by atoms with E-state index in [9.17, 15) is 0 Å². The van der Waals surface area contributed by atoms with Crippen LogP contribution in [-0.4, -0.2) is 16.2 Å². The first-order valence-corrected chi connectivity index (χ1v) is 10.1. The maximum atomic E-state index is 6.34. The first kappa shape index (κ1) is 19.1. The van der Waals surface area contributed by atoms with Crippen LogP contribution in [0.1, 0.15) is 30.8 Å². The summed E-state index contributed by atoms with van der Waals surface area (Å²) < 4.78 is 14.5. The minimum Gasteiger partial charge on any atom is -0.492 e. The summed E-state index contributed by atoms with van der Waals surface area (Å²) in [6.07, 6.45) is 0.706. The van der Waals surface area contributed by atoms with Crippen LogP contribution in [0.2, 0.25) is 0 Å². The molecule has 0 radical (unpaired) electrons. The van der Waals surface area contributed by atoms with Gasteiger partial charge >= 0.3 is 0 Å². The van der Waals surface area contributed by atoms with Crippen molar-refractivity contribution in [2.24, 2.45) is 0 Å². The van der Waals surface area contributed by atoms with E-state index in [0.29, 0.717) is 13.2 Å². The maximum absolute atomic E-state index is 6.34. The monoisotopic (exact) mass is 386 g/mol. The molecule has 0 bridgehead atoms. The van der Waals surface area contributed by atoms with Gasteiger partial charge in [-0.2, -0.15) is 0 Å². The molecule has 0 aliphatic heterocycles. The number of benzene rings is 3. The molecule has 0 saturated carbocycles. The summed E-state index contributed by atoms with van der Waals surface area (Å²) in [5.41, 5.74) is 3.26. The van der Waals surface area contributed by atoms with E-state index in [1.165, 1.54) is 5.56 Å². The fraction of sp³-hybridized carbons (Fsp3) is 0.240. The molecule has 1 atom stereocenters. The highest BCUT2D eigenvalue weighted by atomic mass is 16.5. The molecule has 4 nitrogen and oxygen atoms in total. The van der Waals surface area contributed by atoms with Gasteiger partial charge in [-0.15, -0.1) is 0 Å². The molecule has 4 aromatic rings. The van der Waals surface area contributed by atoms with Gasteiger partial charge in [0.15, 0.2) is 11.9 Å². The highest BCUT2D eigenvalue weighted by molar-refractivity contribution is 5.76. The van der Waals surface area contributed by atoms with Gasteiger partial charge in [0.1, 0.15) is 18.1 Å². The van der Waals surface area contributed by atoms with Crippen LogP contribution in [-0.2, 0) is 6.54 Å². The summed E-state index contributed by atoms with van der Waals surface area (Å²) in [5, 5.41) is 0. The van der Waals surface area contributed by atoms with Crippen molar-refractivity contribution in [3.63, 3.8) is 0 Å². The van der Waals surface area contributed by atoms with Crippen LogP contribution in [0.15, 0.2) is 78.9 Å². The smallest absolute Gasteiger partial charge is 0.156 e. The van der Waals surface area contributed by atoms with Crippen LogP contribution < -0.4 is 9.47 Å². The highest BCUT2D eigenvalue weighted by Crippen LogP contribution is 2.28. The van der Waals surface area contributed by atoms with Crippen molar-refractivity contribution < 1.29 is 9.47 Å². The number of hydrogen-bond donors (Lipinski definition) is 0. The SMILES string of the molecule is CCC(Oc1cccc(C)c1)c1nc2ccccc2n1CCOc1ccccc1. The third kappa shape index (κ3) is 4.43. The van der Waals surface area contributed by atoms with Crippen LogP contribution in [0.4, 0.5) is 0 Å². The quantitative estimate of drug-likeness (QED) is 0.375. The summed E-state index contributed by atoms with van der Waals surface area (Å²) in [5.74, 6) is 2.68. The molecule has 0 aliphatic carbocycles. The number of nitrogens with zero attached hydrogens (tertiary/aromatic N) is 2. The minimum absolute atomic E-state index is 0.124. The Morgan fingerprint density at radius 3 is 2.45 bits per heavy atom. The number of ether oxygens (including phenoxy) is 2. The zero-order chi connectivity index (χ0) is 20.1. The van der Waals surface area contributed by atoms with Gasteiger partial charge in [0.25, 0.3) is 0 Å². The van der Waals surface area contributed by atoms with Crippen molar-refractivity contribution in [1.82, 2.24) is 9.55 Å². The molecule has 3 aromatic carbocycles. The van der Waals surface area contributed by atoms with E-state index in [4.69, 9.17) is 14.5 Å². The van der Waals surface area contributed by atoms with Gasteiger partial charge in [-0.05, 0) is 55.3 Å². The molecule has 0 saturated heterocycles. The average molecular weight is 386 g/mol. The lowest BCUT2D eigenvalue weighted by Gasteiger charge is -2.19. The van der Waals surface area contributed by atoms with Crippen LogP contribution in [0.25, 0.3) is 11.0 Å². The Bertz CT molecular complexity index is 1070. The van der Waals surface area contributed by atoms with Gasteiger partial charge in [-0.3, -0.25) is 0 Å². The van der Waals surface area contributed by atoms with Gasteiger partial charge in [-0.1, -0.05) is 49.4 Å². The van der Waals surface area contributed by atoms with Gasteiger partial charge < -0.3 is 14.0 Å². The molecule has 29 heavy (non-hydrogen) atoms. The van der Waals surface area contributed by atoms with Crippen molar-refractivity contribution in [2.75, 3.05) is 6.61 Å². The highest BCUT2D eigenvalue weighted by Gasteiger charge is 2.20. The predicted molar refractivity (Wildman–Crippen MR) is 117 cm³/mol. The largest absolute Gasteiger partial charge is 0.492 e. The Morgan fingerprint density at radius 2 is 1.66 bits per heavy atom. The van der Waals surface area contributed by atoms with Gasteiger partial charge in [-0.25, -0.2) is 4.98 Å². The van der Waals surface area contributed by atoms with E-state index >= 15 is 0 Å². The van der Waals surface area contributed by atoms with Crippen LogP contribution in [0.5, 0.6) is 11.5 Å². The van der Waals surface area contributed by atoms with Crippen molar-refractivity contribution >= 4 is 11.0 Å². The molecule has 0 N–H and O–H groups in total. The number of imidazole rings is 1. The van der Waals surface area contributed by atoms with E-state index < -0.39 is 0 Å². The van der Waals surface area contributed by atoms with Crippen LogP contribution in [0, 0.1) is 6.92 Å². The Hall–Kier alpha value is -3.27. The van der Waals surface area contributed by atoms with E-state index in [1.54, 1.807) is 0 Å². The zero-order valence-corrected chi connectivity index (χ0v) is 16.9. The standard InChI is InChI=1S/C25H26N2O2/c1-3-24(29-21-13-9-10-19(2)18-21)25-26-22-14-7-8-15-23(22)27(25)16-17-28-20-11-5-4-6-12-20/h4-15,18,24H,3,16-17H2,1-2H3. The second-order valence-electron chi connectivity index (χ2n) is 7.10. The average Bonchev–Trinajstić information content (AvgIpc) is 3.11. The lowest BCUT2D eigenvalue weighted by molar-refractivity contribution is 0.184. The first-order chi connectivity index (χ1) is 14.2. The van der Waals surface area contributed by atoms with Crippen molar-refractivity contribution in [3.8, 4) is 11.5 Å². The Labute approximate surface area is 171 Å². The normalized spacial score (nSPS) is 12.1. The molecule has 4 rings (SSSR count). The number of fused-ring (bicyclic) bond motifs is 1. The number of aromatic nitrogens is 2. The van der Waals surface area contributed by atoms with E-state index in [1.807, 2.05) is 60.7 Å². The molecule has 0 aliphatic rings. The Morgan fingerprint density at radius 1 is 0.897 bits per heavy atom. The van der Waals surface area contributed by atoms with E-state index in [0.717, 1.165) is 34.8 Å². The molecule has 0 amide bonds. The van der Waals surface area contributed by atoms with Crippen LogP contribution in [0.3, 0.4) is 0 Å². The van der Waals surface area contributed by atoms with Crippen molar-refractivity contribution in [2.45, 2.75) is 32.9 Å². The minimum atomic E-state index is -0.124.